The van der Waals surface area contributed by atoms with Crippen LogP contribution in [0, 0.1) is 6.92 Å². The number of hydrogen-bond donors (Lipinski definition) is 2. The lowest BCUT2D eigenvalue weighted by atomic mass is 10.2. The lowest BCUT2D eigenvalue weighted by molar-refractivity contribution is -0.274. The first-order chi connectivity index (χ1) is 6.44. The molecule has 0 spiro atoms. The van der Waals surface area contributed by atoms with Crippen LogP contribution in [-0.4, -0.2) is 6.36 Å². The molecule has 1 rings (SSSR count). The van der Waals surface area contributed by atoms with Gasteiger partial charge in [-0.2, -0.15) is 0 Å². The van der Waals surface area contributed by atoms with Crippen LogP contribution in [0.1, 0.15) is 5.56 Å². The standard InChI is InChI=1S/C8H9F3N2O/c1-5-3-2-4-6(13-12)7(5)14-8(9,10)11/h2-4,13H,12H2,1H3. The molecule has 0 saturated carbocycles. The van der Waals surface area contributed by atoms with E-state index in [2.05, 4.69) is 10.2 Å². The van der Waals surface area contributed by atoms with Gasteiger partial charge in [0, 0.05) is 0 Å². The molecule has 0 aliphatic rings. The largest absolute Gasteiger partial charge is 0.573 e. The Hall–Kier alpha value is -1.43. The number of ether oxygens (including phenoxy) is 1. The summed E-state index contributed by atoms with van der Waals surface area (Å²) in [7, 11) is 0. The zero-order chi connectivity index (χ0) is 10.8. The van der Waals surface area contributed by atoms with Gasteiger partial charge in [0.1, 0.15) is 0 Å². The van der Waals surface area contributed by atoms with Crippen molar-refractivity contribution in [1.29, 1.82) is 0 Å². The van der Waals surface area contributed by atoms with Crippen molar-refractivity contribution in [3.8, 4) is 5.75 Å². The molecule has 14 heavy (non-hydrogen) atoms. The van der Waals surface area contributed by atoms with E-state index in [1.807, 2.05) is 0 Å². The van der Waals surface area contributed by atoms with Crippen molar-refractivity contribution in [3.63, 3.8) is 0 Å². The summed E-state index contributed by atoms with van der Waals surface area (Å²) in [5.74, 6) is 4.74. The molecule has 0 unspecified atom stereocenters. The summed E-state index contributed by atoms with van der Waals surface area (Å²) in [6, 6.07) is 4.48. The molecule has 0 aliphatic carbocycles. The third-order valence-electron chi connectivity index (χ3n) is 1.59. The number of hydrazine groups is 1. The Balaban J connectivity index is 3.05. The molecule has 0 fully saturated rings. The maximum atomic E-state index is 11.9. The normalized spacial score (nSPS) is 11.2. The van der Waals surface area contributed by atoms with Crippen LogP contribution in [0.15, 0.2) is 18.2 Å². The molecule has 1 aromatic rings. The van der Waals surface area contributed by atoms with Crippen LogP contribution < -0.4 is 16.0 Å². The Labute approximate surface area is 78.6 Å². The van der Waals surface area contributed by atoms with E-state index in [1.165, 1.54) is 19.1 Å². The highest BCUT2D eigenvalue weighted by molar-refractivity contribution is 5.59. The Morgan fingerprint density at radius 2 is 2.00 bits per heavy atom. The number of halogens is 3. The van der Waals surface area contributed by atoms with E-state index in [4.69, 9.17) is 5.84 Å². The van der Waals surface area contributed by atoms with Crippen LogP contribution in [0.2, 0.25) is 0 Å². The number of nitrogens with one attached hydrogen (secondary N) is 1. The molecule has 0 radical (unpaired) electrons. The number of anilines is 1. The third kappa shape index (κ3) is 2.53. The number of hydrogen-bond acceptors (Lipinski definition) is 3. The summed E-state index contributed by atoms with van der Waals surface area (Å²) in [6.07, 6.45) is -4.71. The van der Waals surface area contributed by atoms with E-state index in [1.54, 1.807) is 6.07 Å². The summed E-state index contributed by atoms with van der Waals surface area (Å²) in [5.41, 5.74) is 2.59. The molecule has 0 aromatic heterocycles. The van der Waals surface area contributed by atoms with Crippen LogP contribution in [-0.2, 0) is 0 Å². The number of rotatable bonds is 2. The van der Waals surface area contributed by atoms with Crippen molar-refractivity contribution >= 4 is 5.69 Å². The molecule has 6 heteroatoms. The number of nitrogens with two attached hydrogens (primary N) is 1. The minimum absolute atomic E-state index is 0.0994. The van der Waals surface area contributed by atoms with Gasteiger partial charge in [0.15, 0.2) is 5.75 Å². The van der Waals surface area contributed by atoms with Gasteiger partial charge in [-0.25, -0.2) is 0 Å². The highest BCUT2D eigenvalue weighted by Crippen LogP contribution is 2.32. The zero-order valence-corrected chi connectivity index (χ0v) is 7.35. The molecule has 0 amide bonds. The Morgan fingerprint density at radius 1 is 1.36 bits per heavy atom. The fourth-order valence-electron chi connectivity index (χ4n) is 1.02. The predicted molar refractivity (Wildman–Crippen MR) is 45.7 cm³/mol. The molecule has 0 heterocycles. The van der Waals surface area contributed by atoms with Crippen LogP contribution in [0.25, 0.3) is 0 Å². The second kappa shape index (κ2) is 3.75. The van der Waals surface area contributed by atoms with Crippen molar-refractivity contribution in [1.82, 2.24) is 0 Å². The smallest absolute Gasteiger partial charge is 0.403 e. The topological polar surface area (TPSA) is 47.3 Å². The van der Waals surface area contributed by atoms with E-state index in [0.717, 1.165) is 0 Å². The molecule has 0 saturated heterocycles. The van der Waals surface area contributed by atoms with E-state index >= 15 is 0 Å². The highest BCUT2D eigenvalue weighted by atomic mass is 19.4. The van der Waals surface area contributed by atoms with Crippen molar-refractivity contribution in [3.05, 3.63) is 23.8 Å². The van der Waals surface area contributed by atoms with Gasteiger partial charge in [-0.1, -0.05) is 12.1 Å². The summed E-state index contributed by atoms with van der Waals surface area (Å²) in [4.78, 5) is 0. The SMILES string of the molecule is Cc1cccc(NN)c1OC(F)(F)F. The summed E-state index contributed by atoms with van der Waals surface area (Å²) >= 11 is 0. The number of nitrogen functional groups attached to an aromatic ring is 1. The van der Waals surface area contributed by atoms with Crippen LogP contribution in [0.5, 0.6) is 5.75 Å². The average Bonchev–Trinajstić information content (AvgIpc) is 2.06. The van der Waals surface area contributed by atoms with Gasteiger partial charge >= 0.3 is 6.36 Å². The minimum Gasteiger partial charge on any atom is -0.403 e. The van der Waals surface area contributed by atoms with Crippen LogP contribution in [0.4, 0.5) is 18.9 Å². The molecule has 78 valence electrons. The number of para-hydroxylation sites is 1. The lowest BCUT2D eigenvalue weighted by Gasteiger charge is -2.14. The van der Waals surface area contributed by atoms with Gasteiger partial charge in [0.05, 0.1) is 5.69 Å². The fraction of sp³-hybridized carbons (Fsp3) is 0.250. The van der Waals surface area contributed by atoms with E-state index in [-0.39, 0.29) is 11.4 Å². The third-order valence-corrected chi connectivity index (χ3v) is 1.59. The Morgan fingerprint density at radius 3 is 2.50 bits per heavy atom. The first kappa shape index (κ1) is 10.6. The Bertz CT molecular complexity index is 325. The van der Waals surface area contributed by atoms with Crippen molar-refractivity contribution < 1.29 is 17.9 Å². The molecular formula is C8H9F3N2O. The summed E-state index contributed by atoms with van der Waals surface area (Å²) in [5, 5.41) is 0. The quantitative estimate of drug-likeness (QED) is 0.576. The fourth-order valence-corrected chi connectivity index (χ4v) is 1.02. The maximum Gasteiger partial charge on any atom is 0.573 e. The Kier molecular flexibility index (Phi) is 2.85. The first-order valence-corrected chi connectivity index (χ1v) is 3.76. The lowest BCUT2D eigenvalue weighted by Crippen LogP contribution is -2.20. The van der Waals surface area contributed by atoms with Gasteiger partial charge in [-0.3, -0.25) is 5.84 Å². The van der Waals surface area contributed by atoms with Gasteiger partial charge < -0.3 is 10.2 Å². The molecular weight excluding hydrogens is 197 g/mol. The van der Waals surface area contributed by atoms with Crippen LogP contribution in [0.3, 0.4) is 0 Å². The summed E-state index contributed by atoms with van der Waals surface area (Å²) < 4.78 is 39.7. The van der Waals surface area contributed by atoms with Gasteiger partial charge in [-0.15, -0.1) is 13.2 Å². The minimum atomic E-state index is -4.71. The molecule has 1 aromatic carbocycles. The monoisotopic (exact) mass is 206 g/mol. The van der Waals surface area contributed by atoms with Gasteiger partial charge in [0.25, 0.3) is 0 Å². The molecule has 0 aliphatic heterocycles. The number of aryl methyl sites for hydroxylation is 1. The first-order valence-electron chi connectivity index (χ1n) is 3.76. The van der Waals surface area contributed by atoms with Crippen LogP contribution >= 0.6 is 0 Å². The second-order valence-electron chi connectivity index (χ2n) is 2.64. The number of benzene rings is 1. The molecule has 0 bridgehead atoms. The van der Waals surface area contributed by atoms with Gasteiger partial charge in [0.2, 0.25) is 0 Å². The summed E-state index contributed by atoms with van der Waals surface area (Å²) in [6.45, 7) is 1.50. The van der Waals surface area contributed by atoms with Gasteiger partial charge in [-0.05, 0) is 18.6 Å². The van der Waals surface area contributed by atoms with Crippen molar-refractivity contribution in [2.75, 3.05) is 5.43 Å². The van der Waals surface area contributed by atoms with Crippen molar-refractivity contribution in [2.24, 2.45) is 5.84 Å². The zero-order valence-electron chi connectivity index (χ0n) is 7.35. The van der Waals surface area contributed by atoms with Crippen molar-refractivity contribution in [2.45, 2.75) is 13.3 Å². The molecule has 0 atom stereocenters. The second-order valence-corrected chi connectivity index (χ2v) is 2.64. The average molecular weight is 206 g/mol. The molecule has 3 N–H and O–H groups in total. The maximum absolute atomic E-state index is 11.9. The van der Waals surface area contributed by atoms with E-state index in [0.29, 0.717) is 5.56 Å². The number of alkyl halides is 3. The van der Waals surface area contributed by atoms with E-state index < -0.39 is 6.36 Å². The highest BCUT2D eigenvalue weighted by Gasteiger charge is 2.32. The van der Waals surface area contributed by atoms with E-state index in [9.17, 15) is 13.2 Å². The molecule has 3 nitrogen and oxygen atoms in total. The predicted octanol–water partition coefficient (Wildman–Crippen LogP) is 2.18.